The number of ketones is 2. The number of thioether (sulfide) groups is 1. The second-order valence-corrected chi connectivity index (χ2v) is 8.37. The maximum absolute atomic E-state index is 13.1. The highest BCUT2D eigenvalue weighted by Crippen LogP contribution is 2.32. The van der Waals surface area contributed by atoms with E-state index >= 15 is 0 Å². The molecule has 3 aromatic carbocycles. The lowest BCUT2D eigenvalue weighted by atomic mass is 9.83. The molecule has 0 bridgehead atoms. The van der Waals surface area contributed by atoms with Gasteiger partial charge in [0.05, 0.1) is 22.7 Å². The Morgan fingerprint density at radius 1 is 0.909 bits per heavy atom. The molecule has 1 aliphatic rings. The number of benzene rings is 3. The third-order valence-corrected chi connectivity index (χ3v) is 6.26. The number of hydrogen-bond acceptors (Lipinski definition) is 7. The summed E-state index contributed by atoms with van der Waals surface area (Å²) in [5.74, 6) is -0.837. The Labute approximate surface area is 193 Å². The van der Waals surface area contributed by atoms with E-state index in [1.54, 1.807) is 47.1 Å². The Morgan fingerprint density at radius 2 is 1.61 bits per heavy atom. The highest BCUT2D eigenvalue weighted by molar-refractivity contribution is 7.99. The predicted molar refractivity (Wildman–Crippen MR) is 123 cm³/mol. The van der Waals surface area contributed by atoms with Crippen molar-refractivity contribution in [1.29, 1.82) is 0 Å². The highest BCUT2D eigenvalue weighted by Gasteiger charge is 2.31. The molecular weight excluding hydrogens is 438 g/mol. The van der Waals surface area contributed by atoms with E-state index in [1.165, 1.54) is 11.8 Å². The molecule has 8 nitrogen and oxygen atoms in total. The molecule has 0 unspecified atom stereocenters. The summed E-state index contributed by atoms with van der Waals surface area (Å²) >= 11 is 1.17. The number of aryl methyl sites for hydroxylation is 1. The summed E-state index contributed by atoms with van der Waals surface area (Å²) < 4.78 is 1.58. The van der Waals surface area contributed by atoms with E-state index < -0.39 is 0 Å². The molecule has 1 aliphatic carbocycles. The van der Waals surface area contributed by atoms with Crippen LogP contribution in [0.2, 0.25) is 0 Å². The number of nitrogens with zero attached hydrogens (tertiary/aromatic N) is 4. The van der Waals surface area contributed by atoms with Crippen LogP contribution in [0.3, 0.4) is 0 Å². The molecule has 4 aromatic rings. The fraction of sp³-hybridized carbons (Fsp3) is 0.0833. The molecule has 162 valence electrons. The van der Waals surface area contributed by atoms with Crippen molar-refractivity contribution >= 4 is 34.9 Å². The predicted octanol–water partition coefficient (Wildman–Crippen LogP) is 3.48. The van der Waals surface area contributed by atoms with Crippen LogP contribution in [-0.4, -0.2) is 43.4 Å². The maximum atomic E-state index is 13.1. The average Bonchev–Trinajstić information content (AvgIpc) is 3.30. The van der Waals surface area contributed by atoms with Gasteiger partial charge in [0.25, 0.3) is 0 Å². The maximum Gasteiger partial charge on any atom is 0.234 e. The second kappa shape index (κ2) is 8.44. The van der Waals surface area contributed by atoms with Crippen molar-refractivity contribution in [1.82, 2.24) is 20.2 Å². The molecule has 0 fully saturated rings. The highest BCUT2D eigenvalue weighted by atomic mass is 32.2. The van der Waals surface area contributed by atoms with Crippen LogP contribution in [-0.2, 0) is 4.79 Å². The van der Waals surface area contributed by atoms with Crippen LogP contribution >= 0.6 is 11.8 Å². The first-order valence-corrected chi connectivity index (χ1v) is 11.1. The monoisotopic (exact) mass is 455 g/mol. The van der Waals surface area contributed by atoms with Gasteiger partial charge in [0, 0.05) is 16.7 Å². The minimum Gasteiger partial charge on any atom is -0.325 e. The van der Waals surface area contributed by atoms with Gasteiger partial charge < -0.3 is 5.32 Å². The van der Waals surface area contributed by atoms with E-state index in [2.05, 4.69) is 20.8 Å². The van der Waals surface area contributed by atoms with Gasteiger partial charge in [0.1, 0.15) is 0 Å². The molecule has 1 amide bonds. The van der Waals surface area contributed by atoms with Crippen LogP contribution in [0.1, 0.15) is 37.4 Å². The molecule has 0 radical (unpaired) electrons. The molecule has 5 rings (SSSR count). The minimum absolute atomic E-state index is 0.0225. The van der Waals surface area contributed by atoms with E-state index in [0.717, 1.165) is 11.3 Å². The number of carbonyl (C=O) groups is 3. The van der Waals surface area contributed by atoms with Crippen molar-refractivity contribution in [2.45, 2.75) is 12.1 Å². The molecule has 0 aliphatic heterocycles. The minimum atomic E-state index is -0.341. The molecule has 0 saturated heterocycles. The van der Waals surface area contributed by atoms with Crippen molar-refractivity contribution in [3.05, 3.63) is 94.5 Å². The second-order valence-electron chi connectivity index (χ2n) is 7.43. The third-order valence-electron chi connectivity index (χ3n) is 5.34. The number of rotatable bonds is 5. The standard InChI is InChI=1S/C24H17N5O3S/c1-14-7-2-5-12-19(14)29-24(26-27-28-29)33-13-20(30)25-18-11-6-10-17-21(18)23(32)16-9-4-3-8-15(16)22(17)31/h2-12H,13H2,1H3,(H,25,30). The van der Waals surface area contributed by atoms with E-state index in [0.29, 0.717) is 22.0 Å². The zero-order chi connectivity index (χ0) is 22.9. The summed E-state index contributed by atoms with van der Waals surface area (Å²) in [5, 5.41) is 15.0. The Kier molecular flexibility index (Phi) is 5.31. The largest absolute Gasteiger partial charge is 0.325 e. The van der Waals surface area contributed by atoms with Gasteiger partial charge in [0.15, 0.2) is 11.6 Å². The lowest BCUT2D eigenvalue weighted by molar-refractivity contribution is -0.113. The zero-order valence-electron chi connectivity index (χ0n) is 17.5. The Morgan fingerprint density at radius 3 is 2.39 bits per heavy atom. The first kappa shape index (κ1) is 20.8. The molecular formula is C24H17N5O3S. The number of fused-ring (bicyclic) bond motifs is 2. The number of amides is 1. The summed E-state index contributed by atoms with van der Waals surface area (Å²) in [6.07, 6.45) is 0. The van der Waals surface area contributed by atoms with Crippen LogP contribution < -0.4 is 5.32 Å². The van der Waals surface area contributed by atoms with Gasteiger partial charge in [0.2, 0.25) is 11.1 Å². The number of tetrazole rings is 1. The Bertz CT molecular complexity index is 1430. The van der Waals surface area contributed by atoms with Gasteiger partial charge in [-0.3, -0.25) is 14.4 Å². The fourth-order valence-corrected chi connectivity index (χ4v) is 4.47. The van der Waals surface area contributed by atoms with Gasteiger partial charge in [-0.25, -0.2) is 0 Å². The average molecular weight is 455 g/mol. The summed E-state index contributed by atoms with van der Waals surface area (Å²) in [4.78, 5) is 38.7. The number of para-hydroxylation sites is 1. The number of aromatic nitrogens is 4. The number of nitrogens with one attached hydrogen (secondary N) is 1. The van der Waals surface area contributed by atoms with Crippen LogP contribution in [0.4, 0.5) is 5.69 Å². The quantitative estimate of drug-likeness (QED) is 0.404. The summed E-state index contributed by atoms with van der Waals surface area (Å²) in [5.41, 5.74) is 3.34. The topological polar surface area (TPSA) is 107 Å². The summed E-state index contributed by atoms with van der Waals surface area (Å²) in [6, 6.07) is 19.2. The molecule has 0 atom stereocenters. The van der Waals surface area contributed by atoms with Crippen molar-refractivity contribution in [3.63, 3.8) is 0 Å². The van der Waals surface area contributed by atoms with Gasteiger partial charge in [-0.15, -0.1) is 5.10 Å². The van der Waals surface area contributed by atoms with E-state index in [4.69, 9.17) is 0 Å². The lowest BCUT2D eigenvalue weighted by Gasteiger charge is -2.20. The smallest absolute Gasteiger partial charge is 0.234 e. The van der Waals surface area contributed by atoms with Crippen molar-refractivity contribution < 1.29 is 14.4 Å². The van der Waals surface area contributed by atoms with Crippen molar-refractivity contribution in [2.75, 3.05) is 11.1 Å². The Balaban J connectivity index is 1.36. The normalized spacial score (nSPS) is 12.3. The molecule has 1 heterocycles. The van der Waals surface area contributed by atoms with Crippen molar-refractivity contribution in [2.24, 2.45) is 0 Å². The molecule has 33 heavy (non-hydrogen) atoms. The number of anilines is 1. The Hall–Kier alpha value is -4.11. The van der Waals surface area contributed by atoms with E-state index in [1.807, 2.05) is 31.2 Å². The first-order valence-electron chi connectivity index (χ1n) is 10.1. The third kappa shape index (κ3) is 3.72. The molecule has 0 spiro atoms. The van der Waals surface area contributed by atoms with E-state index in [-0.39, 0.29) is 34.4 Å². The van der Waals surface area contributed by atoms with Gasteiger partial charge in [-0.2, -0.15) is 4.68 Å². The van der Waals surface area contributed by atoms with Crippen LogP contribution in [0, 0.1) is 6.92 Å². The fourth-order valence-electron chi connectivity index (χ4n) is 3.79. The van der Waals surface area contributed by atoms with Crippen LogP contribution in [0.5, 0.6) is 0 Å². The van der Waals surface area contributed by atoms with Crippen molar-refractivity contribution in [3.8, 4) is 5.69 Å². The molecule has 9 heteroatoms. The molecule has 1 N–H and O–H groups in total. The number of hydrogen-bond donors (Lipinski definition) is 1. The van der Waals surface area contributed by atoms with Crippen LogP contribution in [0.25, 0.3) is 5.69 Å². The SMILES string of the molecule is Cc1ccccc1-n1nnnc1SCC(=O)Nc1cccc2c1C(=O)c1ccccc1C2=O. The van der Waals surface area contributed by atoms with Gasteiger partial charge >= 0.3 is 0 Å². The first-order chi connectivity index (χ1) is 16.0. The van der Waals surface area contributed by atoms with Gasteiger partial charge in [-0.05, 0) is 35.0 Å². The van der Waals surface area contributed by atoms with Gasteiger partial charge in [-0.1, -0.05) is 66.4 Å². The molecule has 1 aromatic heterocycles. The summed E-state index contributed by atoms with van der Waals surface area (Å²) in [6.45, 7) is 1.95. The van der Waals surface area contributed by atoms with Crippen LogP contribution in [0.15, 0.2) is 71.9 Å². The number of carbonyl (C=O) groups excluding carboxylic acids is 3. The molecule has 0 saturated carbocycles. The summed E-state index contributed by atoms with van der Waals surface area (Å²) in [7, 11) is 0. The zero-order valence-corrected chi connectivity index (χ0v) is 18.3. The van der Waals surface area contributed by atoms with E-state index in [9.17, 15) is 14.4 Å². The lowest BCUT2D eigenvalue weighted by Crippen LogP contribution is -2.24.